The van der Waals surface area contributed by atoms with Gasteiger partial charge in [0, 0.05) is 56.9 Å². The van der Waals surface area contributed by atoms with Crippen molar-refractivity contribution in [3.63, 3.8) is 0 Å². The number of likely N-dealkylation sites (tertiary alicyclic amines) is 1. The Labute approximate surface area is 171 Å². The van der Waals surface area contributed by atoms with Crippen LogP contribution in [-0.2, 0) is 6.54 Å². The van der Waals surface area contributed by atoms with E-state index in [-0.39, 0.29) is 18.0 Å². The van der Waals surface area contributed by atoms with E-state index in [0.717, 1.165) is 50.7 Å². The van der Waals surface area contributed by atoms with E-state index in [9.17, 15) is 9.50 Å². The second kappa shape index (κ2) is 8.78. The summed E-state index contributed by atoms with van der Waals surface area (Å²) in [4.78, 5) is 6.77. The van der Waals surface area contributed by atoms with E-state index < -0.39 is 0 Å². The molecule has 0 spiro atoms. The minimum atomic E-state index is -0.368. The highest BCUT2D eigenvalue weighted by Crippen LogP contribution is 2.24. The van der Waals surface area contributed by atoms with Gasteiger partial charge in [-0.2, -0.15) is 0 Å². The number of β-amino-alcohol motifs (C(OH)–C–C–N with tert-alkyl or cyclic N) is 1. The molecule has 2 aliphatic rings. The maximum absolute atomic E-state index is 14.0. The molecule has 0 radical (unpaired) electrons. The maximum atomic E-state index is 14.0. The van der Waals surface area contributed by atoms with E-state index >= 15 is 0 Å². The topological polar surface area (TPSA) is 30.0 Å². The Morgan fingerprint density at radius 2 is 1.79 bits per heavy atom. The van der Waals surface area contributed by atoms with Crippen molar-refractivity contribution in [1.29, 1.82) is 0 Å². The Morgan fingerprint density at radius 3 is 2.50 bits per heavy atom. The number of halogens is 2. The van der Waals surface area contributed by atoms with Gasteiger partial charge in [0.1, 0.15) is 5.82 Å². The van der Waals surface area contributed by atoms with E-state index in [1.54, 1.807) is 6.07 Å². The van der Waals surface area contributed by atoms with Crippen molar-refractivity contribution in [3.8, 4) is 0 Å². The minimum Gasteiger partial charge on any atom is -0.390 e. The first-order valence-electron chi connectivity index (χ1n) is 9.98. The summed E-state index contributed by atoms with van der Waals surface area (Å²) in [6, 6.07) is 15.1. The first-order chi connectivity index (χ1) is 13.6. The van der Waals surface area contributed by atoms with Gasteiger partial charge < -0.3 is 10.0 Å². The normalized spacial score (nSPS) is 24.5. The molecule has 0 unspecified atom stereocenters. The summed E-state index contributed by atoms with van der Waals surface area (Å²) >= 11 is 6.08. The van der Waals surface area contributed by atoms with Crippen LogP contribution in [0.2, 0.25) is 5.02 Å². The number of rotatable bonds is 4. The Balaban J connectivity index is 1.30. The first-order valence-corrected chi connectivity index (χ1v) is 10.4. The lowest BCUT2D eigenvalue weighted by Gasteiger charge is -2.45. The summed E-state index contributed by atoms with van der Waals surface area (Å²) in [7, 11) is 0. The number of piperazine rings is 1. The van der Waals surface area contributed by atoms with Gasteiger partial charge in [-0.25, -0.2) is 4.39 Å². The predicted molar refractivity (Wildman–Crippen MR) is 111 cm³/mol. The number of nitrogens with zero attached hydrogens (tertiary/aromatic N) is 3. The largest absolute Gasteiger partial charge is 0.390 e. The average molecular weight is 404 g/mol. The standard InChI is InChI=1S/C22H27ClFN3O/c23-18-5-3-4-17(14-18)15-25-9-8-21(22(28)16-25)27-12-10-26(11-13-27)20-7-2-1-6-19(20)24/h1-7,14,21-22,28H,8-13,15-16H2/t21-,22-/m1/s1. The summed E-state index contributed by atoms with van der Waals surface area (Å²) in [6.45, 7) is 5.72. The molecule has 2 aliphatic heterocycles. The second-order valence-corrected chi connectivity index (χ2v) is 8.20. The van der Waals surface area contributed by atoms with Crippen LogP contribution < -0.4 is 4.90 Å². The van der Waals surface area contributed by atoms with E-state index in [1.807, 2.05) is 30.3 Å². The Kier molecular flexibility index (Phi) is 6.16. The van der Waals surface area contributed by atoms with Gasteiger partial charge in [0.25, 0.3) is 0 Å². The summed E-state index contributed by atoms with van der Waals surface area (Å²) in [5, 5.41) is 11.5. The second-order valence-electron chi connectivity index (χ2n) is 7.76. The van der Waals surface area contributed by atoms with Crippen LogP contribution in [0.25, 0.3) is 0 Å². The van der Waals surface area contributed by atoms with Crippen LogP contribution in [-0.4, -0.2) is 66.3 Å². The fourth-order valence-corrected chi connectivity index (χ4v) is 4.66. The van der Waals surface area contributed by atoms with E-state index in [0.29, 0.717) is 12.2 Å². The van der Waals surface area contributed by atoms with Crippen LogP contribution in [0.15, 0.2) is 48.5 Å². The summed E-state index contributed by atoms with van der Waals surface area (Å²) < 4.78 is 14.0. The first kappa shape index (κ1) is 19.6. The molecule has 4 nitrogen and oxygen atoms in total. The molecule has 0 amide bonds. The summed E-state index contributed by atoms with van der Waals surface area (Å²) in [6.07, 6.45) is 0.578. The number of para-hydroxylation sites is 1. The quantitative estimate of drug-likeness (QED) is 0.848. The van der Waals surface area contributed by atoms with Gasteiger partial charge >= 0.3 is 0 Å². The number of aliphatic hydroxyl groups is 1. The zero-order chi connectivity index (χ0) is 19.5. The molecule has 6 heteroatoms. The molecule has 0 aliphatic carbocycles. The van der Waals surface area contributed by atoms with Gasteiger partial charge in [-0.1, -0.05) is 35.9 Å². The molecule has 28 heavy (non-hydrogen) atoms. The van der Waals surface area contributed by atoms with Crippen LogP contribution in [0.3, 0.4) is 0 Å². The number of benzene rings is 2. The van der Waals surface area contributed by atoms with Crippen molar-refractivity contribution in [2.45, 2.75) is 25.1 Å². The molecule has 2 aromatic rings. The van der Waals surface area contributed by atoms with Crippen LogP contribution in [0.1, 0.15) is 12.0 Å². The lowest BCUT2D eigenvalue weighted by Crippen LogP contribution is -2.58. The number of piperidine rings is 1. The van der Waals surface area contributed by atoms with Crippen molar-refractivity contribution < 1.29 is 9.50 Å². The number of hydrogen-bond acceptors (Lipinski definition) is 4. The molecule has 2 aromatic carbocycles. The molecule has 0 saturated carbocycles. The molecule has 2 saturated heterocycles. The lowest BCUT2D eigenvalue weighted by molar-refractivity contribution is -0.0172. The predicted octanol–water partition coefficient (Wildman–Crippen LogP) is 3.24. The van der Waals surface area contributed by atoms with Crippen molar-refractivity contribution in [2.75, 3.05) is 44.2 Å². The third-order valence-corrected chi connectivity index (χ3v) is 6.14. The highest BCUT2D eigenvalue weighted by Gasteiger charge is 2.33. The van der Waals surface area contributed by atoms with Crippen molar-refractivity contribution in [3.05, 3.63) is 64.9 Å². The lowest BCUT2D eigenvalue weighted by atomic mass is 9.98. The Hall–Kier alpha value is -1.66. The number of aliphatic hydroxyl groups excluding tert-OH is 1. The molecule has 2 fully saturated rings. The maximum Gasteiger partial charge on any atom is 0.146 e. The monoisotopic (exact) mass is 403 g/mol. The zero-order valence-electron chi connectivity index (χ0n) is 16.0. The van der Waals surface area contributed by atoms with Gasteiger partial charge in [-0.15, -0.1) is 0 Å². The van der Waals surface area contributed by atoms with E-state index in [4.69, 9.17) is 11.6 Å². The molecule has 1 N–H and O–H groups in total. The average Bonchev–Trinajstić information content (AvgIpc) is 2.69. The van der Waals surface area contributed by atoms with Crippen LogP contribution >= 0.6 is 11.6 Å². The fourth-order valence-electron chi connectivity index (χ4n) is 4.45. The fraction of sp³-hybridized carbons (Fsp3) is 0.455. The van der Waals surface area contributed by atoms with E-state index in [1.165, 1.54) is 11.6 Å². The van der Waals surface area contributed by atoms with Gasteiger partial charge in [-0.3, -0.25) is 9.80 Å². The zero-order valence-corrected chi connectivity index (χ0v) is 16.7. The van der Waals surface area contributed by atoms with Crippen molar-refractivity contribution in [2.24, 2.45) is 0 Å². The molecule has 150 valence electrons. The summed E-state index contributed by atoms with van der Waals surface area (Å²) in [5.74, 6) is -0.162. The van der Waals surface area contributed by atoms with Crippen LogP contribution in [0.5, 0.6) is 0 Å². The smallest absolute Gasteiger partial charge is 0.146 e. The number of hydrogen-bond donors (Lipinski definition) is 1. The van der Waals surface area contributed by atoms with Crippen LogP contribution in [0, 0.1) is 5.82 Å². The summed E-state index contributed by atoms with van der Waals surface area (Å²) in [5.41, 5.74) is 1.86. The highest BCUT2D eigenvalue weighted by atomic mass is 35.5. The molecule has 2 atom stereocenters. The molecule has 4 rings (SSSR count). The van der Waals surface area contributed by atoms with Gasteiger partial charge in [-0.05, 0) is 36.2 Å². The Morgan fingerprint density at radius 1 is 1.00 bits per heavy atom. The molecular weight excluding hydrogens is 377 g/mol. The van der Waals surface area contributed by atoms with E-state index in [2.05, 4.69) is 20.8 Å². The van der Waals surface area contributed by atoms with Gasteiger partial charge in [0.15, 0.2) is 0 Å². The Bertz CT molecular complexity index is 797. The number of anilines is 1. The molecule has 0 bridgehead atoms. The van der Waals surface area contributed by atoms with Gasteiger partial charge in [0.2, 0.25) is 0 Å². The van der Waals surface area contributed by atoms with Crippen LogP contribution in [0.4, 0.5) is 10.1 Å². The molecule has 0 aromatic heterocycles. The molecular formula is C22H27ClFN3O. The van der Waals surface area contributed by atoms with Crippen molar-refractivity contribution in [1.82, 2.24) is 9.80 Å². The third-order valence-electron chi connectivity index (χ3n) is 5.90. The SMILES string of the molecule is O[C@@H]1CN(Cc2cccc(Cl)c2)CC[C@H]1N1CCN(c2ccccc2F)CC1. The minimum absolute atomic E-state index is 0.162. The third kappa shape index (κ3) is 4.49. The van der Waals surface area contributed by atoms with Gasteiger partial charge in [0.05, 0.1) is 11.8 Å². The molecule has 2 heterocycles. The highest BCUT2D eigenvalue weighted by molar-refractivity contribution is 6.30. The van der Waals surface area contributed by atoms with Crippen molar-refractivity contribution >= 4 is 17.3 Å².